The van der Waals surface area contributed by atoms with E-state index in [9.17, 15) is 17.6 Å². The van der Waals surface area contributed by atoms with Crippen molar-refractivity contribution in [3.05, 3.63) is 35.9 Å². The predicted octanol–water partition coefficient (Wildman–Crippen LogP) is 4.48. The van der Waals surface area contributed by atoms with E-state index in [1.54, 1.807) is 0 Å². The van der Waals surface area contributed by atoms with E-state index in [1.165, 1.54) is 24.3 Å². The van der Waals surface area contributed by atoms with Crippen LogP contribution in [0.25, 0.3) is 5.57 Å². The summed E-state index contributed by atoms with van der Waals surface area (Å²) in [6.07, 6.45) is -4.78. The largest absolute Gasteiger partial charge is 0.461 e. The van der Waals surface area contributed by atoms with Gasteiger partial charge in [0.1, 0.15) is 5.75 Å². The first-order valence-electron chi connectivity index (χ1n) is 6.78. The maximum atomic E-state index is 12.8. The van der Waals surface area contributed by atoms with Gasteiger partial charge in [-0.3, -0.25) is 0 Å². The van der Waals surface area contributed by atoms with E-state index >= 15 is 0 Å². The Morgan fingerprint density at radius 2 is 1.91 bits per heavy atom. The minimum absolute atomic E-state index is 0.0327. The molecule has 22 heavy (non-hydrogen) atoms. The van der Waals surface area contributed by atoms with Gasteiger partial charge in [-0.15, -0.1) is 11.6 Å². The van der Waals surface area contributed by atoms with Crippen molar-refractivity contribution >= 4 is 17.2 Å². The van der Waals surface area contributed by atoms with E-state index in [0.29, 0.717) is 6.61 Å². The van der Waals surface area contributed by atoms with Crippen molar-refractivity contribution in [3.8, 4) is 5.75 Å². The minimum Gasteiger partial charge on any atom is -0.428 e. The Hall–Kier alpha value is -1.27. The summed E-state index contributed by atoms with van der Waals surface area (Å²) in [5.74, 6) is -0.324. The zero-order valence-corrected chi connectivity index (χ0v) is 12.1. The van der Waals surface area contributed by atoms with Gasteiger partial charge in [-0.25, -0.2) is 0 Å². The second kappa shape index (κ2) is 5.42. The van der Waals surface area contributed by atoms with Crippen molar-refractivity contribution in [2.45, 2.75) is 36.4 Å². The van der Waals surface area contributed by atoms with Gasteiger partial charge in [0.25, 0.3) is 0 Å². The highest BCUT2D eigenvalue weighted by molar-refractivity contribution is 6.32. The Labute approximate surface area is 129 Å². The fraction of sp³-hybridized carbons (Fsp3) is 0.467. The summed E-state index contributed by atoms with van der Waals surface area (Å²) in [4.78, 5) is -0.443. The minimum atomic E-state index is -4.51. The van der Waals surface area contributed by atoms with Crippen LogP contribution in [-0.4, -0.2) is 30.1 Å². The van der Waals surface area contributed by atoms with Gasteiger partial charge in [-0.2, -0.15) is 17.6 Å². The van der Waals surface area contributed by atoms with Gasteiger partial charge in [0.15, 0.2) is 0 Å². The molecule has 1 unspecified atom stereocenters. The second-order valence-corrected chi connectivity index (χ2v) is 6.13. The Bertz CT molecular complexity index is 578. The molecule has 0 N–H and O–H groups in total. The van der Waals surface area contributed by atoms with Gasteiger partial charge in [-0.1, -0.05) is 12.1 Å². The summed E-state index contributed by atoms with van der Waals surface area (Å²) in [5, 5.41) is 0. The highest BCUT2D eigenvalue weighted by Gasteiger charge is 2.46. The van der Waals surface area contributed by atoms with E-state index in [4.69, 9.17) is 16.3 Å². The molecule has 120 valence electrons. The molecular formula is C15H13ClF4O2. The summed E-state index contributed by atoms with van der Waals surface area (Å²) >= 11 is 6.43. The zero-order chi connectivity index (χ0) is 16.0. The highest BCUT2D eigenvalue weighted by atomic mass is 35.5. The average molecular weight is 337 g/mol. The standard InChI is InChI=1S/C15H13ClF4O2/c16-14(5-6-14)12(7-11-8-21-11)9-1-3-10(4-2-9)22-15(19,20)13(17)18/h1-4,7,11,13H,5-6,8H2/b12-7-. The summed E-state index contributed by atoms with van der Waals surface area (Å²) in [5.41, 5.74) is 1.62. The lowest BCUT2D eigenvalue weighted by atomic mass is 9.99. The van der Waals surface area contributed by atoms with Crippen molar-refractivity contribution in [1.29, 1.82) is 0 Å². The van der Waals surface area contributed by atoms with Gasteiger partial charge in [0.05, 0.1) is 17.6 Å². The van der Waals surface area contributed by atoms with Gasteiger partial charge in [0, 0.05) is 0 Å². The molecule has 0 bridgehead atoms. The van der Waals surface area contributed by atoms with Crippen LogP contribution < -0.4 is 4.74 Å². The van der Waals surface area contributed by atoms with Crippen LogP contribution in [0, 0.1) is 0 Å². The molecule has 1 aromatic rings. The van der Waals surface area contributed by atoms with Crippen molar-refractivity contribution in [1.82, 2.24) is 0 Å². The number of benzene rings is 1. The third kappa shape index (κ3) is 3.38. The molecule has 0 spiro atoms. The van der Waals surface area contributed by atoms with Crippen LogP contribution in [-0.2, 0) is 4.74 Å². The van der Waals surface area contributed by atoms with E-state index < -0.39 is 17.4 Å². The second-order valence-electron chi connectivity index (χ2n) is 5.41. The fourth-order valence-electron chi connectivity index (χ4n) is 2.13. The van der Waals surface area contributed by atoms with Gasteiger partial charge < -0.3 is 9.47 Å². The van der Waals surface area contributed by atoms with E-state index in [2.05, 4.69) is 4.74 Å². The molecule has 7 heteroatoms. The summed E-state index contributed by atoms with van der Waals surface area (Å²) in [7, 11) is 0. The molecule has 1 aliphatic carbocycles. The quantitative estimate of drug-likeness (QED) is 0.434. The first kappa shape index (κ1) is 15.6. The van der Waals surface area contributed by atoms with Crippen molar-refractivity contribution < 1.29 is 27.0 Å². The molecule has 1 saturated carbocycles. The van der Waals surface area contributed by atoms with Crippen LogP contribution in [0.2, 0.25) is 0 Å². The molecular weight excluding hydrogens is 324 g/mol. The molecule has 1 saturated heterocycles. The molecule has 0 radical (unpaired) electrons. The number of hydrogen-bond acceptors (Lipinski definition) is 2. The number of allylic oxidation sites excluding steroid dienone is 1. The monoisotopic (exact) mass is 336 g/mol. The molecule has 3 rings (SSSR count). The lowest BCUT2D eigenvalue weighted by molar-refractivity contribution is -0.253. The first-order chi connectivity index (χ1) is 10.3. The Morgan fingerprint density at radius 3 is 2.36 bits per heavy atom. The maximum absolute atomic E-state index is 12.8. The van der Waals surface area contributed by atoms with Gasteiger partial charge in [-0.05, 0) is 42.2 Å². The molecule has 2 fully saturated rings. The van der Waals surface area contributed by atoms with Crippen molar-refractivity contribution in [2.24, 2.45) is 0 Å². The fourth-order valence-corrected chi connectivity index (χ4v) is 2.39. The number of rotatable bonds is 6. The van der Waals surface area contributed by atoms with Crippen molar-refractivity contribution in [3.63, 3.8) is 0 Å². The lowest BCUT2D eigenvalue weighted by Gasteiger charge is -2.18. The molecule has 1 atom stereocenters. The van der Waals surface area contributed by atoms with E-state index in [-0.39, 0.29) is 11.9 Å². The van der Waals surface area contributed by atoms with Crippen molar-refractivity contribution in [2.75, 3.05) is 6.61 Å². The number of alkyl halides is 5. The number of hydrogen-bond donors (Lipinski definition) is 0. The highest BCUT2D eigenvalue weighted by Crippen LogP contribution is 2.53. The molecule has 2 aliphatic rings. The van der Waals surface area contributed by atoms with Gasteiger partial charge >= 0.3 is 12.5 Å². The molecule has 0 aromatic heterocycles. The zero-order valence-electron chi connectivity index (χ0n) is 11.4. The first-order valence-corrected chi connectivity index (χ1v) is 7.16. The average Bonchev–Trinajstić information content (AvgIpc) is 3.35. The van der Waals surface area contributed by atoms with E-state index in [1.807, 2.05) is 6.08 Å². The van der Waals surface area contributed by atoms with Crippen LogP contribution >= 0.6 is 11.6 Å². The smallest absolute Gasteiger partial charge is 0.428 e. The number of epoxide rings is 1. The van der Waals surface area contributed by atoms with Crippen LogP contribution in [0.4, 0.5) is 17.6 Å². The molecule has 1 aliphatic heterocycles. The third-order valence-electron chi connectivity index (χ3n) is 3.56. The van der Waals surface area contributed by atoms with Crippen LogP contribution in [0.15, 0.2) is 30.3 Å². The molecule has 0 amide bonds. The van der Waals surface area contributed by atoms with Crippen LogP contribution in [0.1, 0.15) is 18.4 Å². The Balaban J connectivity index is 1.78. The van der Waals surface area contributed by atoms with Crippen LogP contribution in [0.5, 0.6) is 5.75 Å². The number of halogens is 5. The Kier molecular flexibility index (Phi) is 3.85. The maximum Gasteiger partial charge on any atom is 0.461 e. The molecule has 1 aromatic carbocycles. The summed E-state index contributed by atoms with van der Waals surface area (Å²) < 4.78 is 59.1. The summed E-state index contributed by atoms with van der Waals surface area (Å²) in [6.45, 7) is 0.637. The Morgan fingerprint density at radius 1 is 1.32 bits per heavy atom. The topological polar surface area (TPSA) is 21.8 Å². The SMILES string of the molecule is FC(F)C(F)(F)Oc1ccc(/C(=C/C2CO2)C2(Cl)CC2)cc1. The van der Waals surface area contributed by atoms with E-state index in [0.717, 1.165) is 24.0 Å². The number of ether oxygens (including phenoxy) is 2. The van der Waals surface area contributed by atoms with Gasteiger partial charge in [0.2, 0.25) is 0 Å². The van der Waals surface area contributed by atoms with Crippen LogP contribution in [0.3, 0.4) is 0 Å². The predicted molar refractivity (Wildman–Crippen MR) is 73.6 cm³/mol. The third-order valence-corrected chi connectivity index (χ3v) is 4.14. The lowest BCUT2D eigenvalue weighted by Crippen LogP contribution is -2.33. The molecule has 2 nitrogen and oxygen atoms in total. The summed E-state index contributed by atoms with van der Waals surface area (Å²) in [6, 6.07) is 5.53. The molecule has 1 heterocycles. The normalized spacial score (nSPS) is 23.5.